The van der Waals surface area contributed by atoms with Gasteiger partial charge in [-0.05, 0) is 40.8 Å². The predicted octanol–water partition coefficient (Wildman–Crippen LogP) is 2.64. The van der Waals surface area contributed by atoms with Crippen LogP contribution in [-0.2, 0) is 12.8 Å². The van der Waals surface area contributed by atoms with E-state index in [1.165, 1.54) is 5.56 Å². The molecule has 0 atom stereocenters. The molecule has 2 aromatic rings. The van der Waals surface area contributed by atoms with Crippen LogP contribution in [0.1, 0.15) is 21.5 Å². The van der Waals surface area contributed by atoms with Crippen molar-refractivity contribution in [2.45, 2.75) is 12.8 Å². The predicted molar refractivity (Wildman–Crippen MR) is 58.3 cm³/mol. The molecule has 1 N–H and O–H groups in total. The number of hydrogen-bond donors (Lipinski definition) is 1. The maximum Gasteiger partial charge on any atom is 0.335 e. The summed E-state index contributed by atoms with van der Waals surface area (Å²) in [5.74, 6) is -0.816. The SMILES string of the molecule is O=C(O)c1ccc2cccc3c2c1CC3. The van der Waals surface area contributed by atoms with Crippen molar-refractivity contribution in [1.82, 2.24) is 0 Å². The first-order valence-electron chi connectivity index (χ1n) is 5.04. The monoisotopic (exact) mass is 198 g/mol. The second kappa shape index (κ2) is 2.83. The molecular formula is C13H10O2. The van der Waals surface area contributed by atoms with Gasteiger partial charge >= 0.3 is 5.97 Å². The van der Waals surface area contributed by atoms with Gasteiger partial charge in [-0.25, -0.2) is 4.79 Å². The molecule has 0 radical (unpaired) electrons. The lowest BCUT2D eigenvalue weighted by atomic mass is 10.0. The minimum absolute atomic E-state index is 0.465. The van der Waals surface area contributed by atoms with Crippen LogP contribution in [0.5, 0.6) is 0 Å². The van der Waals surface area contributed by atoms with E-state index in [0.29, 0.717) is 5.56 Å². The number of benzene rings is 2. The van der Waals surface area contributed by atoms with Crippen LogP contribution in [0.15, 0.2) is 30.3 Å². The lowest BCUT2D eigenvalue weighted by molar-refractivity contribution is 0.0696. The van der Waals surface area contributed by atoms with Crippen molar-refractivity contribution >= 4 is 16.7 Å². The van der Waals surface area contributed by atoms with E-state index in [9.17, 15) is 4.79 Å². The molecule has 0 fully saturated rings. The van der Waals surface area contributed by atoms with Gasteiger partial charge in [-0.1, -0.05) is 24.3 Å². The van der Waals surface area contributed by atoms with Crippen LogP contribution in [0.25, 0.3) is 10.8 Å². The highest BCUT2D eigenvalue weighted by molar-refractivity contribution is 6.00. The van der Waals surface area contributed by atoms with Gasteiger partial charge in [-0.2, -0.15) is 0 Å². The summed E-state index contributed by atoms with van der Waals surface area (Å²) in [6, 6.07) is 9.78. The van der Waals surface area contributed by atoms with Crippen molar-refractivity contribution in [3.8, 4) is 0 Å². The van der Waals surface area contributed by atoms with Crippen molar-refractivity contribution < 1.29 is 9.90 Å². The van der Waals surface area contributed by atoms with Crippen LogP contribution >= 0.6 is 0 Å². The lowest BCUT2D eigenvalue weighted by Crippen LogP contribution is -2.00. The molecule has 2 nitrogen and oxygen atoms in total. The van der Waals surface area contributed by atoms with Crippen LogP contribution in [0.4, 0.5) is 0 Å². The van der Waals surface area contributed by atoms with Crippen molar-refractivity contribution in [3.63, 3.8) is 0 Å². The van der Waals surface area contributed by atoms with Crippen LogP contribution in [0.2, 0.25) is 0 Å². The fourth-order valence-electron chi connectivity index (χ4n) is 2.46. The number of rotatable bonds is 1. The van der Waals surface area contributed by atoms with E-state index in [0.717, 1.165) is 29.2 Å². The summed E-state index contributed by atoms with van der Waals surface area (Å²) in [6.07, 6.45) is 1.83. The third-order valence-electron chi connectivity index (χ3n) is 3.11. The number of carboxylic acid groups (broad SMARTS) is 1. The van der Waals surface area contributed by atoms with E-state index >= 15 is 0 Å². The minimum atomic E-state index is -0.816. The van der Waals surface area contributed by atoms with E-state index in [1.807, 2.05) is 18.2 Å². The molecule has 1 aliphatic rings. The highest BCUT2D eigenvalue weighted by Crippen LogP contribution is 2.32. The van der Waals surface area contributed by atoms with E-state index in [4.69, 9.17) is 5.11 Å². The molecule has 2 heteroatoms. The van der Waals surface area contributed by atoms with Crippen LogP contribution < -0.4 is 0 Å². The molecule has 74 valence electrons. The highest BCUT2D eigenvalue weighted by Gasteiger charge is 2.19. The lowest BCUT2D eigenvalue weighted by Gasteiger charge is -2.04. The summed E-state index contributed by atoms with van der Waals surface area (Å²) in [4.78, 5) is 11.0. The Morgan fingerprint density at radius 1 is 1.13 bits per heavy atom. The average Bonchev–Trinajstić information content (AvgIpc) is 2.65. The number of aryl methyl sites for hydroxylation is 2. The van der Waals surface area contributed by atoms with Gasteiger partial charge in [-0.15, -0.1) is 0 Å². The third-order valence-corrected chi connectivity index (χ3v) is 3.11. The highest BCUT2D eigenvalue weighted by atomic mass is 16.4. The molecule has 0 bridgehead atoms. The number of carbonyl (C=O) groups is 1. The van der Waals surface area contributed by atoms with Gasteiger partial charge < -0.3 is 5.11 Å². The summed E-state index contributed by atoms with van der Waals surface area (Å²) < 4.78 is 0. The van der Waals surface area contributed by atoms with E-state index in [2.05, 4.69) is 6.07 Å². The molecule has 0 aliphatic heterocycles. The molecular weight excluding hydrogens is 188 g/mol. The zero-order valence-electron chi connectivity index (χ0n) is 8.16. The number of aromatic carboxylic acids is 1. The second-order valence-electron chi connectivity index (χ2n) is 3.91. The smallest absolute Gasteiger partial charge is 0.335 e. The van der Waals surface area contributed by atoms with E-state index in [1.54, 1.807) is 6.07 Å². The fourth-order valence-corrected chi connectivity index (χ4v) is 2.46. The molecule has 0 unspecified atom stereocenters. The van der Waals surface area contributed by atoms with Gasteiger partial charge in [0.25, 0.3) is 0 Å². The van der Waals surface area contributed by atoms with Crippen LogP contribution in [0, 0.1) is 0 Å². The Labute approximate surface area is 87.2 Å². The first-order valence-corrected chi connectivity index (χ1v) is 5.04. The number of carboxylic acids is 1. The van der Waals surface area contributed by atoms with Gasteiger partial charge in [0.05, 0.1) is 5.56 Å². The van der Waals surface area contributed by atoms with E-state index < -0.39 is 5.97 Å². The molecule has 15 heavy (non-hydrogen) atoms. The topological polar surface area (TPSA) is 37.3 Å². The molecule has 3 rings (SSSR count). The normalized spacial score (nSPS) is 13.3. The van der Waals surface area contributed by atoms with Gasteiger partial charge in [0.2, 0.25) is 0 Å². The first-order chi connectivity index (χ1) is 7.27. The zero-order valence-corrected chi connectivity index (χ0v) is 8.16. The summed E-state index contributed by atoms with van der Waals surface area (Å²) in [7, 11) is 0. The van der Waals surface area contributed by atoms with Crippen molar-refractivity contribution in [1.29, 1.82) is 0 Å². The summed E-state index contributed by atoms with van der Waals surface area (Å²) in [5, 5.41) is 11.4. The fraction of sp³-hybridized carbons (Fsp3) is 0.154. The van der Waals surface area contributed by atoms with Gasteiger partial charge in [0.1, 0.15) is 0 Å². The molecule has 2 aromatic carbocycles. The standard InChI is InChI=1S/C13H10O2/c14-13(15)11-7-5-9-3-1-2-8-4-6-10(11)12(8)9/h1-3,5,7H,4,6H2,(H,14,15). The van der Waals surface area contributed by atoms with Gasteiger partial charge in [-0.3, -0.25) is 0 Å². The minimum Gasteiger partial charge on any atom is -0.478 e. The Morgan fingerprint density at radius 3 is 2.80 bits per heavy atom. The molecule has 0 heterocycles. The van der Waals surface area contributed by atoms with Crippen LogP contribution in [0.3, 0.4) is 0 Å². The van der Waals surface area contributed by atoms with Crippen LogP contribution in [-0.4, -0.2) is 11.1 Å². The summed E-state index contributed by atoms with van der Waals surface area (Å²) >= 11 is 0. The largest absolute Gasteiger partial charge is 0.478 e. The maximum absolute atomic E-state index is 11.0. The van der Waals surface area contributed by atoms with Crippen molar-refractivity contribution in [2.75, 3.05) is 0 Å². The Hall–Kier alpha value is -1.83. The quantitative estimate of drug-likeness (QED) is 0.764. The summed E-state index contributed by atoms with van der Waals surface area (Å²) in [5.41, 5.74) is 2.76. The summed E-state index contributed by atoms with van der Waals surface area (Å²) in [6.45, 7) is 0. The maximum atomic E-state index is 11.0. The Morgan fingerprint density at radius 2 is 2.00 bits per heavy atom. The zero-order chi connectivity index (χ0) is 10.4. The Balaban J connectivity index is 2.45. The molecule has 1 aliphatic carbocycles. The second-order valence-corrected chi connectivity index (χ2v) is 3.91. The number of hydrogen-bond acceptors (Lipinski definition) is 1. The van der Waals surface area contributed by atoms with Gasteiger partial charge in [0, 0.05) is 0 Å². The average molecular weight is 198 g/mol. The molecule has 0 aromatic heterocycles. The van der Waals surface area contributed by atoms with Crippen molar-refractivity contribution in [2.24, 2.45) is 0 Å². The third kappa shape index (κ3) is 1.08. The molecule has 0 saturated carbocycles. The molecule has 0 spiro atoms. The Bertz CT molecular complexity index is 570. The van der Waals surface area contributed by atoms with Gasteiger partial charge in [0.15, 0.2) is 0 Å². The molecule has 0 saturated heterocycles. The van der Waals surface area contributed by atoms with E-state index in [-0.39, 0.29) is 0 Å². The molecule has 0 amide bonds. The Kier molecular flexibility index (Phi) is 1.60. The first kappa shape index (κ1) is 8.48. The van der Waals surface area contributed by atoms with Crippen molar-refractivity contribution in [3.05, 3.63) is 47.0 Å².